The zero-order chi connectivity index (χ0) is 29.5. The number of carbonyl (C=O) groups is 4. The molecule has 0 atom stereocenters. The second kappa shape index (κ2) is 13.1. The van der Waals surface area contributed by atoms with Crippen molar-refractivity contribution < 1.29 is 38.1 Å². The highest BCUT2D eigenvalue weighted by molar-refractivity contribution is 7.17. The Morgan fingerprint density at radius 3 is 2.37 bits per heavy atom. The Balaban J connectivity index is 1.43. The molecule has 4 rings (SSSR count). The standard InChI is InChI=1S/C29H29N3O8S/c1-16(17-12-13-21(22(15-17)38-3)40-28(35)18-8-7-9-19(14-18)37-2)31-32-26(34)25(33)30-27-24(29(36)39-4)20-10-5-6-11-23(20)41-27/h7-9,12-15H,5-6,10-11H2,1-4H3,(H,30,33)(H,32,34)/b31-16+. The van der Waals surface area contributed by atoms with Gasteiger partial charge < -0.3 is 24.3 Å². The quantitative estimate of drug-likeness (QED) is 0.133. The Morgan fingerprint density at radius 1 is 0.854 bits per heavy atom. The number of thiophene rings is 1. The molecule has 2 aromatic carbocycles. The minimum atomic E-state index is -1.01. The molecule has 11 nitrogen and oxygen atoms in total. The molecule has 12 heteroatoms. The Hall–Kier alpha value is -4.71. The normalized spacial score (nSPS) is 12.5. The molecular formula is C29H29N3O8S. The molecule has 0 radical (unpaired) electrons. The number of anilines is 1. The molecule has 0 spiro atoms. The van der Waals surface area contributed by atoms with E-state index in [2.05, 4.69) is 15.8 Å². The molecule has 3 aromatic rings. The van der Waals surface area contributed by atoms with Gasteiger partial charge in [0.05, 0.1) is 38.2 Å². The first-order valence-electron chi connectivity index (χ1n) is 12.7. The lowest BCUT2D eigenvalue weighted by molar-refractivity contribution is -0.136. The highest BCUT2D eigenvalue weighted by atomic mass is 32.1. The van der Waals surface area contributed by atoms with E-state index in [9.17, 15) is 19.2 Å². The van der Waals surface area contributed by atoms with Crippen molar-refractivity contribution in [2.45, 2.75) is 32.6 Å². The predicted octanol–water partition coefficient (Wildman–Crippen LogP) is 4.13. The summed E-state index contributed by atoms with van der Waals surface area (Å²) in [6.07, 6.45) is 3.45. The van der Waals surface area contributed by atoms with E-state index < -0.39 is 23.8 Å². The van der Waals surface area contributed by atoms with E-state index >= 15 is 0 Å². The molecule has 2 N–H and O–H groups in total. The fourth-order valence-corrected chi connectivity index (χ4v) is 5.54. The molecule has 41 heavy (non-hydrogen) atoms. The molecule has 0 aliphatic heterocycles. The smallest absolute Gasteiger partial charge is 0.343 e. The van der Waals surface area contributed by atoms with Crippen molar-refractivity contribution in [3.63, 3.8) is 0 Å². The molecule has 2 amide bonds. The number of amides is 2. The number of methoxy groups -OCH3 is 3. The molecule has 0 fully saturated rings. The van der Waals surface area contributed by atoms with E-state index in [1.165, 1.54) is 38.7 Å². The molecular weight excluding hydrogens is 550 g/mol. The van der Waals surface area contributed by atoms with Gasteiger partial charge in [-0.3, -0.25) is 9.59 Å². The number of nitrogens with one attached hydrogen (secondary N) is 2. The fraction of sp³-hybridized carbons (Fsp3) is 0.276. The van der Waals surface area contributed by atoms with Crippen LogP contribution < -0.4 is 25.0 Å². The van der Waals surface area contributed by atoms with E-state index in [1.54, 1.807) is 43.3 Å². The van der Waals surface area contributed by atoms with Crippen molar-refractivity contribution in [3.8, 4) is 17.2 Å². The number of hydrazone groups is 1. The van der Waals surface area contributed by atoms with Crippen LogP contribution in [0.25, 0.3) is 0 Å². The van der Waals surface area contributed by atoms with E-state index in [-0.39, 0.29) is 16.5 Å². The number of nitrogens with zero attached hydrogens (tertiary/aromatic N) is 1. The van der Waals surface area contributed by atoms with E-state index in [0.717, 1.165) is 29.7 Å². The highest BCUT2D eigenvalue weighted by Gasteiger charge is 2.28. The van der Waals surface area contributed by atoms with Crippen LogP contribution in [-0.4, -0.2) is 50.8 Å². The molecule has 0 bridgehead atoms. The number of rotatable bonds is 8. The fourth-order valence-electron chi connectivity index (χ4n) is 4.27. The molecule has 0 saturated carbocycles. The maximum absolute atomic E-state index is 12.6. The van der Waals surface area contributed by atoms with Gasteiger partial charge in [0.15, 0.2) is 11.5 Å². The first-order chi connectivity index (χ1) is 19.7. The lowest BCUT2D eigenvalue weighted by atomic mass is 9.95. The van der Waals surface area contributed by atoms with Gasteiger partial charge in [-0.15, -0.1) is 11.3 Å². The van der Waals surface area contributed by atoms with Gasteiger partial charge in [0, 0.05) is 10.4 Å². The zero-order valence-corrected chi connectivity index (χ0v) is 23.8. The van der Waals surface area contributed by atoms with Gasteiger partial charge >= 0.3 is 23.8 Å². The third-order valence-corrected chi connectivity index (χ3v) is 7.62. The maximum Gasteiger partial charge on any atom is 0.343 e. The third kappa shape index (κ3) is 6.72. The third-order valence-electron chi connectivity index (χ3n) is 6.41. The first-order valence-corrected chi connectivity index (χ1v) is 13.5. The summed E-state index contributed by atoms with van der Waals surface area (Å²) in [5, 5.41) is 6.84. The van der Waals surface area contributed by atoms with Crippen LogP contribution in [0.1, 0.15) is 56.5 Å². The van der Waals surface area contributed by atoms with Crippen LogP contribution in [-0.2, 0) is 27.2 Å². The number of benzene rings is 2. The molecule has 1 aromatic heterocycles. The van der Waals surface area contributed by atoms with Gasteiger partial charge in [-0.05, 0) is 74.6 Å². The van der Waals surface area contributed by atoms with Crippen LogP contribution >= 0.6 is 11.3 Å². The van der Waals surface area contributed by atoms with Crippen LogP contribution in [0, 0.1) is 0 Å². The average Bonchev–Trinajstić information content (AvgIpc) is 3.37. The summed E-state index contributed by atoms with van der Waals surface area (Å²) in [6, 6.07) is 11.3. The van der Waals surface area contributed by atoms with E-state index in [1.807, 2.05) is 0 Å². The van der Waals surface area contributed by atoms with Gasteiger partial charge in [-0.2, -0.15) is 5.10 Å². The van der Waals surface area contributed by atoms with Crippen molar-refractivity contribution in [2.75, 3.05) is 26.6 Å². The van der Waals surface area contributed by atoms with Crippen LogP contribution in [0.5, 0.6) is 17.2 Å². The number of aryl methyl sites for hydroxylation is 1. The monoisotopic (exact) mass is 579 g/mol. The Labute approximate surface area is 240 Å². The summed E-state index contributed by atoms with van der Waals surface area (Å²) in [4.78, 5) is 51.2. The predicted molar refractivity (Wildman–Crippen MR) is 152 cm³/mol. The summed E-state index contributed by atoms with van der Waals surface area (Å²) in [5.41, 5.74) is 4.60. The van der Waals surface area contributed by atoms with E-state index in [4.69, 9.17) is 18.9 Å². The summed E-state index contributed by atoms with van der Waals surface area (Å²) in [7, 11) is 4.20. The zero-order valence-electron chi connectivity index (χ0n) is 23.0. The summed E-state index contributed by atoms with van der Waals surface area (Å²) in [6.45, 7) is 1.62. The number of hydrogen-bond acceptors (Lipinski definition) is 10. The number of carbonyl (C=O) groups excluding carboxylic acids is 4. The number of esters is 2. The van der Waals surface area contributed by atoms with Gasteiger partial charge in [-0.1, -0.05) is 6.07 Å². The summed E-state index contributed by atoms with van der Waals surface area (Å²) < 4.78 is 20.9. The highest BCUT2D eigenvalue weighted by Crippen LogP contribution is 2.38. The number of fused-ring (bicyclic) bond motifs is 1. The SMILES string of the molecule is COC(=O)c1c(NC(=O)C(=O)N/N=C(\C)c2ccc(OC(=O)c3cccc(OC)c3)c(OC)c2)sc2c1CCCC2. The molecule has 0 unspecified atom stereocenters. The molecule has 1 heterocycles. The van der Waals surface area contributed by atoms with Crippen LogP contribution in [0.2, 0.25) is 0 Å². The topological polar surface area (TPSA) is 142 Å². The Kier molecular flexibility index (Phi) is 9.35. The van der Waals surface area contributed by atoms with Crippen molar-refractivity contribution in [2.24, 2.45) is 5.10 Å². The summed E-state index contributed by atoms with van der Waals surface area (Å²) in [5.74, 6) is -2.18. The van der Waals surface area contributed by atoms with E-state index in [0.29, 0.717) is 34.6 Å². The molecule has 0 saturated heterocycles. The first kappa shape index (κ1) is 29.3. The maximum atomic E-state index is 12.6. The average molecular weight is 580 g/mol. The molecule has 1 aliphatic carbocycles. The van der Waals surface area contributed by atoms with Crippen molar-refractivity contribution in [3.05, 3.63) is 69.6 Å². The summed E-state index contributed by atoms with van der Waals surface area (Å²) >= 11 is 1.28. The second-order valence-electron chi connectivity index (χ2n) is 8.99. The van der Waals surface area contributed by atoms with Gasteiger partial charge in [0.25, 0.3) is 0 Å². The van der Waals surface area contributed by atoms with Crippen molar-refractivity contribution in [1.82, 2.24) is 5.43 Å². The largest absolute Gasteiger partial charge is 0.497 e. The van der Waals surface area contributed by atoms with Crippen LogP contribution in [0.15, 0.2) is 47.6 Å². The van der Waals surface area contributed by atoms with Crippen molar-refractivity contribution >= 4 is 45.8 Å². The van der Waals surface area contributed by atoms with Gasteiger partial charge in [0.2, 0.25) is 0 Å². The number of ether oxygens (including phenoxy) is 4. The lowest BCUT2D eigenvalue weighted by Gasteiger charge is -2.12. The minimum absolute atomic E-state index is 0.181. The Bertz CT molecular complexity index is 1530. The molecule has 214 valence electrons. The number of hydrogen-bond donors (Lipinski definition) is 2. The van der Waals surface area contributed by atoms with Crippen LogP contribution in [0.4, 0.5) is 5.00 Å². The lowest BCUT2D eigenvalue weighted by Crippen LogP contribution is -2.33. The second-order valence-corrected chi connectivity index (χ2v) is 10.1. The molecule has 1 aliphatic rings. The van der Waals surface area contributed by atoms with Gasteiger partial charge in [-0.25, -0.2) is 15.0 Å². The van der Waals surface area contributed by atoms with Crippen LogP contribution in [0.3, 0.4) is 0 Å². The van der Waals surface area contributed by atoms with Crippen molar-refractivity contribution in [1.29, 1.82) is 0 Å². The minimum Gasteiger partial charge on any atom is -0.497 e. The Morgan fingerprint density at radius 2 is 1.63 bits per heavy atom. The van der Waals surface area contributed by atoms with Gasteiger partial charge in [0.1, 0.15) is 10.8 Å².